The quantitative estimate of drug-likeness (QED) is 0.640. The van der Waals surface area contributed by atoms with Gasteiger partial charge < -0.3 is 4.43 Å². The van der Waals surface area contributed by atoms with Crippen LogP contribution in [0.3, 0.4) is 0 Å². The SMILES string of the molecule is O=C(O[SiH3])c1cnc2ccccc2c1. The number of hydrogen-bond acceptors (Lipinski definition) is 3. The Morgan fingerprint density at radius 2 is 2.14 bits per heavy atom. The first-order valence-corrected chi connectivity index (χ1v) is 5.06. The average Bonchev–Trinajstić information content (AvgIpc) is 2.27. The van der Waals surface area contributed by atoms with Crippen LogP contribution < -0.4 is 0 Å². The van der Waals surface area contributed by atoms with Gasteiger partial charge in [0, 0.05) is 11.6 Å². The highest BCUT2D eigenvalue weighted by molar-refractivity contribution is 6.09. The van der Waals surface area contributed by atoms with E-state index in [1.54, 1.807) is 12.3 Å². The van der Waals surface area contributed by atoms with Crippen LogP contribution in [0.1, 0.15) is 10.4 Å². The smallest absolute Gasteiger partial charge is 0.325 e. The predicted octanol–water partition coefficient (Wildman–Crippen LogP) is 0.672. The summed E-state index contributed by atoms with van der Waals surface area (Å²) in [6, 6.07) is 9.46. The lowest BCUT2D eigenvalue weighted by molar-refractivity contribution is 0.0749. The number of aromatic nitrogens is 1. The first-order chi connectivity index (χ1) is 6.81. The van der Waals surface area contributed by atoms with Crippen LogP contribution in [0.5, 0.6) is 0 Å². The van der Waals surface area contributed by atoms with Gasteiger partial charge in [0.1, 0.15) is 0 Å². The van der Waals surface area contributed by atoms with Gasteiger partial charge in [-0.05, 0) is 12.1 Å². The molecule has 0 unspecified atom stereocenters. The zero-order chi connectivity index (χ0) is 9.97. The first kappa shape index (κ1) is 8.90. The summed E-state index contributed by atoms with van der Waals surface area (Å²) in [5.41, 5.74) is 1.40. The number of benzene rings is 1. The molecule has 0 amide bonds. The Kier molecular flexibility index (Phi) is 2.28. The van der Waals surface area contributed by atoms with Crippen LogP contribution in [0.2, 0.25) is 0 Å². The van der Waals surface area contributed by atoms with Crippen molar-refractivity contribution in [2.45, 2.75) is 0 Å². The molecular weight excluding hydrogens is 194 g/mol. The van der Waals surface area contributed by atoms with Gasteiger partial charge in [0.15, 0.2) is 0 Å². The van der Waals surface area contributed by atoms with Gasteiger partial charge in [0.05, 0.1) is 11.1 Å². The molecule has 0 fully saturated rings. The lowest BCUT2D eigenvalue weighted by atomic mass is 10.2. The maximum atomic E-state index is 11.2. The van der Waals surface area contributed by atoms with Crippen LogP contribution in [0.15, 0.2) is 36.5 Å². The topological polar surface area (TPSA) is 39.2 Å². The molecule has 0 aliphatic rings. The fraction of sp³-hybridized carbons (Fsp3) is 0. The van der Waals surface area contributed by atoms with Crippen molar-refractivity contribution in [3.8, 4) is 0 Å². The molecule has 2 rings (SSSR count). The Hall–Kier alpha value is -1.68. The van der Waals surface area contributed by atoms with Gasteiger partial charge in [-0.15, -0.1) is 0 Å². The third-order valence-corrected chi connectivity index (χ3v) is 2.38. The summed E-state index contributed by atoms with van der Waals surface area (Å²) in [7, 11) is 0.411. The molecule has 1 heterocycles. The summed E-state index contributed by atoms with van der Waals surface area (Å²) in [4.78, 5) is 15.4. The summed E-state index contributed by atoms with van der Waals surface area (Å²) in [6.45, 7) is 0. The third kappa shape index (κ3) is 1.51. The van der Waals surface area contributed by atoms with Crippen molar-refractivity contribution < 1.29 is 9.22 Å². The maximum absolute atomic E-state index is 11.2. The number of para-hydroxylation sites is 1. The van der Waals surface area contributed by atoms with E-state index in [-0.39, 0.29) is 5.97 Å². The molecular formula is C10H9NO2Si. The Bertz CT molecular complexity index is 484. The summed E-state index contributed by atoms with van der Waals surface area (Å²) < 4.78 is 4.75. The lowest BCUT2D eigenvalue weighted by Crippen LogP contribution is -2.02. The van der Waals surface area contributed by atoms with Crippen molar-refractivity contribution in [2.24, 2.45) is 0 Å². The van der Waals surface area contributed by atoms with E-state index in [9.17, 15) is 4.79 Å². The normalized spacial score (nSPS) is 10.3. The van der Waals surface area contributed by atoms with Gasteiger partial charge in [-0.3, -0.25) is 4.98 Å². The molecule has 0 bridgehead atoms. The number of carbonyl (C=O) groups excluding carboxylic acids is 1. The van der Waals surface area contributed by atoms with Crippen molar-refractivity contribution >= 4 is 27.4 Å². The van der Waals surface area contributed by atoms with Gasteiger partial charge in [0.25, 0.3) is 0 Å². The van der Waals surface area contributed by atoms with Crippen LogP contribution in [-0.2, 0) is 4.43 Å². The Morgan fingerprint density at radius 3 is 2.93 bits per heavy atom. The number of hydrogen-bond donors (Lipinski definition) is 0. The van der Waals surface area contributed by atoms with E-state index in [0.29, 0.717) is 16.0 Å². The molecule has 0 spiro atoms. The summed E-state index contributed by atoms with van der Waals surface area (Å²) in [5, 5.41) is 0.956. The Balaban J connectivity index is 2.56. The van der Waals surface area contributed by atoms with Gasteiger partial charge in [-0.1, -0.05) is 18.2 Å². The zero-order valence-electron chi connectivity index (χ0n) is 7.73. The van der Waals surface area contributed by atoms with Crippen molar-refractivity contribution in [3.63, 3.8) is 0 Å². The minimum atomic E-state index is -0.296. The van der Waals surface area contributed by atoms with Gasteiger partial charge in [-0.25, -0.2) is 4.79 Å². The van der Waals surface area contributed by atoms with Crippen molar-refractivity contribution in [1.29, 1.82) is 0 Å². The van der Waals surface area contributed by atoms with Crippen LogP contribution in [0.25, 0.3) is 10.9 Å². The van der Waals surface area contributed by atoms with E-state index in [2.05, 4.69) is 4.98 Å². The molecule has 0 saturated heterocycles. The summed E-state index contributed by atoms with van der Waals surface area (Å²) in [6.07, 6.45) is 1.54. The van der Waals surface area contributed by atoms with Gasteiger partial charge in [-0.2, -0.15) is 0 Å². The van der Waals surface area contributed by atoms with Crippen LogP contribution in [0.4, 0.5) is 0 Å². The molecule has 0 saturated carbocycles. The first-order valence-electron chi connectivity index (χ1n) is 4.24. The van der Waals surface area contributed by atoms with E-state index in [1.165, 1.54) is 0 Å². The number of nitrogens with zero attached hydrogens (tertiary/aromatic N) is 1. The second-order valence-corrected chi connectivity index (χ2v) is 3.32. The highest BCUT2D eigenvalue weighted by Crippen LogP contribution is 2.12. The Labute approximate surface area is 84.3 Å². The fourth-order valence-corrected chi connectivity index (χ4v) is 1.54. The van der Waals surface area contributed by atoms with E-state index >= 15 is 0 Å². The Morgan fingerprint density at radius 1 is 1.36 bits per heavy atom. The molecule has 70 valence electrons. The van der Waals surface area contributed by atoms with E-state index in [0.717, 1.165) is 10.9 Å². The van der Waals surface area contributed by atoms with E-state index in [1.807, 2.05) is 24.3 Å². The molecule has 1 aromatic carbocycles. The second kappa shape index (κ2) is 3.59. The molecule has 0 atom stereocenters. The minimum Gasteiger partial charge on any atom is -0.525 e. The monoisotopic (exact) mass is 203 g/mol. The van der Waals surface area contributed by atoms with Gasteiger partial charge >= 0.3 is 5.97 Å². The number of fused-ring (bicyclic) bond motifs is 1. The molecule has 1 aromatic heterocycles. The van der Waals surface area contributed by atoms with Crippen molar-refractivity contribution in [3.05, 3.63) is 42.1 Å². The number of pyridine rings is 1. The number of rotatable bonds is 1. The van der Waals surface area contributed by atoms with E-state index in [4.69, 9.17) is 4.43 Å². The van der Waals surface area contributed by atoms with Crippen LogP contribution in [-0.4, -0.2) is 21.4 Å². The zero-order valence-corrected chi connectivity index (χ0v) is 9.73. The fourth-order valence-electron chi connectivity index (χ4n) is 1.30. The molecule has 4 heteroatoms. The number of carbonyl (C=O) groups is 1. The maximum Gasteiger partial charge on any atom is 0.325 e. The second-order valence-electron chi connectivity index (χ2n) is 2.91. The lowest BCUT2D eigenvalue weighted by Gasteiger charge is -2.00. The molecule has 14 heavy (non-hydrogen) atoms. The minimum absolute atomic E-state index is 0.296. The average molecular weight is 203 g/mol. The van der Waals surface area contributed by atoms with E-state index < -0.39 is 0 Å². The molecule has 3 nitrogen and oxygen atoms in total. The predicted molar refractivity (Wildman–Crippen MR) is 57.1 cm³/mol. The molecule has 0 N–H and O–H groups in total. The highest BCUT2D eigenvalue weighted by atomic mass is 28.2. The molecule has 0 aliphatic carbocycles. The van der Waals surface area contributed by atoms with Crippen molar-refractivity contribution in [1.82, 2.24) is 4.98 Å². The molecule has 2 aromatic rings. The molecule has 0 radical (unpaired) electrons. The van der Waals surface area contributed by atoms with Gasteiger partial charge in [0.2, 0.25) is 10.5 Å². The molecule has 0 aliphatic heterocycles. The summed E-state index contributed by atoms with van der Waals surface area (Å²) >= 11 is 0. The summed E-state index contributed by atoms with van der Waals surface area (Å²) in [5.74, 6) is -0.296. The highest BCUT2D eigenvalue weighted by Gasteiger charge is 2.05. The van der Waals surface area contributed by atoms with Crippen molar-refractivity contribution in [2.75, 3.05) is 0 Å². The third-order valence-electron chi connectivity index (χ3n) is 2.01. The standard InChI is InChI=1S/C10H9NO2Si/c12-10(13-14)8-5-7-3-1-2-4-9(7)11-6-8/h1-6H,14H3. The largest absolute Gasteiger partial charge is 0.525 e. The van der Waals surface area contributed by atoms with Crippen LogP contribution >= 0.6 is 0 Å². The van der Waals surface area contributed by atoms with Crippen LogP contribution in [0, 0.1) is 0 Å².